The predicted molar refractivity (Wildman–Crippen MR) is 62.6 cm³/mol. The first-order valence-corrected chi connectivity index (χ1v) is 5.96. The number of ether oxygens (including phenoxy) is 1. The van der Waals surface area contributed by atoms with Crippen molar-refractivity contribution in [2.24, 2.45) is 10.8 Å². The van der Waals surface area contributed by atoms with Crippen molar-refractivity contribution in [3.05, 3.63) is 0 Å². The molecule has 0 heterocycles. The van der Waals surface area contributed by atoms with E-state index >= 15 is 0 Å². The van der Waals surface area contributed by atoms with Crippen LogP contribution in [0.15, 0.2) is 0 Å². The molecule has 0 saturated heterocycles. The Morgan fingerprint density at radius 1 is 1.14 bits per heavy atom. The maximum atomic E-state index is 11.2. The van der Waals surface area contributed by atoms with Crippen LogP contribution in [0.3, 0.4) is 0 Å². The molecule has 0 fully saturated rings. The molecule has 0 amide bonds. The van der Waals surface area contributed by atoms with E-state index in [2.05, 4.69) is 57.5 Å². The molecule has 0 rings (SSSR count). The first-order chi connectivity index (χ1) is 6.09. The molecular formula is C11H21BrO2. The number of alkyl halides is 1. The number of esters is 1. The standard InChI is InChI=1S/C11H21BrO2/c1-10(2,3)9(11(4,5)6)14-8(13)7-12/h9H,7H2,1-6H3. The molecule has 0 aliphatic rings. The fourth-order valence-electron chi connectivity index (χ4n) is 1.82. The molecule has 0 radical (unpaired) electrons. The highest BCUT2D eigenvalue weighted by Gasteiger charge is 2.37. The summed E-state index contributed by atoms with van der Waals surface area (Å²) >= 11 is 3.10. The Labute approximate surface area is 95.5 Å². The van der Waals surface area contributed by atoms with Crippen molar-refractivity contribution in [3.63, 3.8) is 0 Å². The Bertz CT molecular complexity index is 184. The smallest absolute Gasteiger partial charge is 0.316 e. The van der Waals surface area contributed by atoms with E-state index in [1.54, 1.807) is 0 Å². The van der Waals surface area contributed by atoms with Gasteiger partial charge in [-0.25, -0.2) is 0 Å². The lowest BCUT2D eigenvalue weighted by atomic mass is 9.74. The summed E-state index contributed by atoms with van der Waals surface area (Å²) < 4.78 is 5.44. The quantitative estimate of drug-likeness (QED) is 0.565. The van der Waals surface area contributed by atoms with Gasteiger partial charge in [0, 0.05) is 0 Å². The molecule has 0 aliphatic carbocycles. The van der Waals surface area contributed by atoms with Gasteiger partial charge >= 0.3 is 5.97 Å². The minimum atomic E-state index is -0.195. The van der Waals surface area contributed by atoms with E-state index in [0.717, 1.165) is 0 Å². The molecule has 84 valence electrons. The van der Waals surface area contributed by atoms with Crippen LogP contribution in [0.1, 0.15) is 41.5 Å². The second kappa shape index (κ2) is 4.65. The van der Waals surface area contributed by atoms with Gasteiger partial charge in [-0.2, -0.15) is 0 Å². The van der Waals surface area contributed by atoms with Crippen molar-refractivity contribution >= 4 is 21.9 Å². The van der Waals surface area contributed by atoms with Gasteiger partial charge in [-0.15, -0.1) is 0 Å². The Kier molecular flexibility index (Phi) is 4.63. The van der Waals surface area contributed by atoms with E-state index in [1.165, 1.54) is 0 Å². The van der Waals surface area contributed by atoms with Gasteiger partial charge in [0.25, 0.3) is 0 Å². The van der Waals surface area contributed by atoms with Gasteiger partial charge in [-0.05, 0) is 10.8 Å². The van der Waals surface area contributed by atoms with Crippen molar-refractivity contribution in [1.82, 2.24) is 0 Å². The third kappa shape index (κ3) is 4.45. The topological polar surface area (TPSA) is 26.3 Å². The largest absolute Gasteiger partial charge is 0.461 e. The lowest BCUT2D eigenvalue weighted by Crippen LogP contribution is -2.42. The Morgan fingerprint density at radius 2 is 1.50 bits per heavy atom. The number of carbonyl (C=O) groups excluding carboxylic acids is 1. The first-order valence-electron chi connectivity index (χ1n) is 4.84. The van der Waals surface area contributed by atoms with Crippen molar-refractivity contribution < 1.29 is 9.53 Å². The fourth-order valence-corrected chi connectivity index (χ4v) is 1.95. The maximum Gasteiger partial charge on any atom is 0.316 e. The molecule has 0 saturated carbocycles. The van der Waals surface area contributed by atoms with Crippen LogP contribution in [0, 0.1) is 10.8 Å². The third-order valence-electron chi connectivity index (χ3n) is 1.93. The van der Waals surface area contributed by atoms with Crippen molar-refractivity contribution in [2.45, 2.75) is 47.6 Å². The van der Waals surface area contributed by atoms with E-state index in [1.807, 2.05) is 0 Å². The zero-order valence-electron chi connectivity index (χ0n) is 9.98. The van der Waals surface area contributed by atoms with Crippen LogP contribution < -0.4 is 0 Å². The van der Waals surface area contributed by atoms with E-state index in [4.69, 9.17) is 4.74 Å². The number of carbonyl (C=O) groups is 1. The molecule has 0 spiro atoms. The highest BCUT2D eigenvalue weighted by Crippen LogP contribution is 2.36. The van der Waals surface area contributed by atoms with Crippen molar-refractivity contribution in [1.29, 1.82) is 0 Å². The molecule has 0 atom stereocenters. The lowest BCUT2D eigenvalue weighted by Gasteiger charge is -2.39. The minimum Gasteiger partial charge on any atom is -0.461 e. The van der Waals surface area contributed by atoms with E-state index < -0.39 is 0 Å². The summed E-state index contributed by atoms with van der Waals surface area (Å²) in [5.41, 5.74) is -0.0633. The van der Waals surface area contributed by atoms with Gasteiger partial charge in [0.15, 0.2) is 0 Å². The molecular weight excluding hydrogens is 244 g/mol. The summed E-state index contributed by atoms with van der Waals surface area (Å²) in [6, 6.07) is 0. The summed E-state index contributed by atoms with van der Waals surface area (Å²) in [6.45, 7) is 12.5. The number of rotatable bonds is 2. The zero-order valence-corrected chi connectivity index (χ0v) is 11.6. The van der Waals surface area contributed by atoms with Crippen molar-refractivity contribution in [2.75, 3.05) is 5.33 Å². The van der Waals surface area contributed by atoms with Crippen molar-refractivity contribution in [3.8, 4) is 0 Å². The van der Waals surface area contributed by atoms with Crippen LogP contribution in [-0.4, -0.2) is 17.4 Å². The Morgan fingerprint density at radius 3 is 1.71 bits per heavy atom. The maximum absolute atomic E-state index is 11.2. The van der Waals surface area contributed by atoms with E-state index in [-0.39, 0.29) is 28.2 Å². The average Bonchev–Trinajstić information content (AvgIpc) is 1.95. The van der Waals surface area contributed by atoms with Gasteiger partial charge in [-0.1, -0.05) is 57.5 Å². The highest BCUT2D eigenvalue weighted by molar-refractivity contribution is 9.09. The fraction of sp³-hybridized carbons (Fsp3) is 0.909. The minimum absolute atomic E-state index is 0.0317. The van der Waals surface area contributed by atoms with Crippen LogP contribution in [0.25, 0.3) is 0 Å². The predicted octanol–water partition coefficient (Wildman–Crippen LogP) is 3.39. The zero-order chi connectivity index (χ0) is 11.6. The molecule has 0 aliphatic heterocycles. The van der Waals surface area contributed by atoms with Crippen LogP contribution in [0.2, 0.25) is 0 Å². The molecule has 0 aromatic rings. The average molecular weight is 265 g/mol. The van der Waals surface area contributed by atoms with Crippen LogP contribution in [-0.2, 0) is 9.53 Å². The SMILES string of the molecule is CC(C)(C)C(OC(=O)CBr)C(C)(C)C. The second-order valence-electron chi connectivity index (χ2n) is 5.74. The highest BCUT2D eigenvalue weighted by atomic mass is 79.9. The Hall–Kier alpha value is -0.0500. The third-order valence-corrected chi connectivity index (χ3v) is 2.39. The molecule has 0 aromatic carbocycles. The summed E-state index contributed by atoms with van der Waals surface area (Å²) in [6.07, 6.45) is -0.0694. The molecule has 2 nitrogen and oxygen atoms in total. The summed E-state index contributed by atoms with van der Waals surface area (Å²) in [7, 11) is 0. The summed E-state index contributed by atoms with van der Waals surface area (Å²) in [5, 5.41) is 0.260. The molecule has 3 heteroatoms. The Balaban J connectivity index is 4.68. The number of hydrogen-bond acceptors (Lipinski definition) is 2. The van der Waals surface area contributed by atoms with E-state index in [0.29, 0.717) is 0 Å². The van der Waals surface area contributed by atoms with Gasteiger partial charge < -0.3 is 4.74 Å². The van der Waals surface area contributed by atoms with E-state index in [9.17, 15) is 4.79 Å². The molecule has 0 N–H and O–H groups in total. The van der Waals surface area contributed by atoms with Gasteiger partial charge in [-0.3, -0.25) is 4.79 Å². The second-order valence-corrected chi connectivity index (χ2v) is 6.30. The molecule has 0 aromatic heterocycles. The lowest BCUT2D eigenvalue weighted by molar-refractivity contribution is -0.160. The monoisotopic (exact) mass is 264 g/mol. The summed E-state index contributed by atoms with van der Waals surface area (Å²) in [5.74, 6) is -0.195. The van der Waals surface area contributed by atoms with Gasteiger partial charge in [0.1, 0.15) is 11.4 Å². The molecule has 0 unspecified atom stereocenters. The van der Waals surface area contributed by atoms with Crippen LogP contribution in [0.4, 0.5) is 0 Å². The molecule has 14 heavy (non-hydrogen) atoms. The number of hydrogen-bond donors (Lipinski definition) is 0. The van der Waals surface area contributed by atoms with Crippen LogP contribution in [0.5, 0.6) is 0 Å². The van der Waals surface area contributed by atoms with Gasteiger partial charge in [0.05, 0.1) is 0 Å². The van der Waals surface area contributed by atoms with Crippen LogP contribution >= 0.6 is 15.9 Å². The normalized spacial score (nSPS) is 13.1. The van der Waals surface area contributed by atoms with Gasteiger partial charge in [0.2, 0.25) is 0 Å². The number of halogens is 1. The first kappa shape index (κ1) is 13.9. The summed E-state index contributed by atoms with van der Waals surface area (Å²) in [4.78, 5) is 11.2. The molecule has 0 bridgehead atoms.